The average Bonchev–Trinajstić information content (AvgIpc) is 2.46. The lowest BCUT2D eigenvalue weighted by Crippen LogP contribution is -2.48. The summed E-state index contributed by atoms with van der Waals surface area (Å²) in [6.07, 6.45) is 2.22. The first-order chi connectivity index (χ1) is 9.54. The maximum atomic E-state index is 12.6. The Hall–Kier alpha value is -1.31. The van der Waals surface area contributed by atoms with Crippen molar-refractivity contribution in [2.45, 2.75) is 25.3 Å². The second-order valence-corrected chi connectivity index (χ2v) is 5.86. The Morgan fingerprint density at radius 3 is 2.75 bits per heavy atom. The normalized spacial score (nSPS) is 18.7. The zero-order chi connectivity index (χ0) is 14.7. The van der Waals surface area contributed by atoms with Gasteiger partial charge in [-0.15, -0.1) is 0 Å². The molecule has 5 nitrogen and oxygen atoms in total. The number of piperidine rings is 1. The first-order valence-corrected chi connectivity index (χ1v) is 7.49. The van der Waals surface area contributed by atoms with Crippen molar-refractivity contribution in [3.8, 4) is 5.75 Å². The molecule has 1 heterocycles. The number of carboxylic acid groups (broad SMARTS) is 1. The minimum atomic E-state index is -0.929. The Balaban J connectivity index is 2.27. The topological polar surface area (TPSA) is 66.8 Å². The van der Waals surface area contributed by atoms with E-state index in [9.17, 15) is 14.7 Å². The quantitative estimate of drug-likeness (QED) is 0.807. The molecule has 0 aromatic heterocycles. The number of nitrogens with zero attached hydrogens (tertiary/aromatic N) is 1. The molecule has 1 fully saturated rings. The summed E-state index contributed by atoms with van der Waals surface area (Å²) in [6, 6.07) is 4.47. The molecule has 0 unspecified atom stereocenters. The minimum absolute atomic E-state index is 0.218. The molecular formula is C14H16INO4. The first kappa shape index (κ1) is 15.1. The fourth-order valence-corrected chi connectivity index (χ4v) is 3.10. The number of amides is 1. The van der Waals surface area contributed by atoms with Gasteiger partial charge in [-0.25, -0.2) is 4.79 Å². The van der Waals surface area contributed by atoms with Gasteiger partial charge in [-0.05, 0) is 60.1 Å². The zero-order valence-corrected chi connectivity index (χ0v) is 13.3. The van der Waals surface area contributed by atoms with Gasteiger partial charge in [-0.3, -0.25) is 4.79 Å². The van der Waals surface area contributed by atoms with Crippen molar-refractivity contribution in [3.05, 3.63) is 27.3 Å². The smallest absolute Gasteiger partial charge is 0.326 e. The number of rotatable bonds is 3. The van der Waals surface area contributed by atoms with Crippen LogP contribution in [-0.2, 0) is 4.79 Å². The molecule has 1 N–H and O–H groups in total. The van der Waals surface area contributed by atoms with E-state index >= 15 is 0 Å². The number of carboxylic acids is 1. The lowest BCUT2D eigenvalue weighted by molar-refractivity contribution is -0.143. The van der Waals surface area contributed by atoms with E-state index in [0.29, 0.717) is 24.3 Å². The first-order valence-electron chi connectivity index (χ1n) is 6.42. The Bertz CT molecular complexity index is 532. The summed E-state index contributed by atoms with van der Waals surface area (Å²) in [6.45, 7) is 0.498. The third-order valence-electron chi connectivity index (χ3n) is 3.46. The van der Waals surface area contributed by atoms with E-state index in [4.69, 9.17) is 4.74 Å². The molecule has 0 aliphatic carbocycles. The second kappa shape index (κ2) is 6.43. The number of hydrogen-bond acceptors (Lipinski definition) is 3. The largest absolute Gasteiger partial charge is 0.497 e. The van der Waals surface area contributed by atoms with Crippen molar-refractivity contribution in [2.75, 3.05) is 13.7 Å². The van der Waals surface area contributed by atoms with E-state index in [0.717, 1.165) is 16.4 Å². The molecule has 6 heteroatoms. The number of likely N-dealkylation sites (tertiary alicyclic amines) is 1. The Kier molecular flexibility index (Phi) is 4.85. The molecule has 1 atom stereocenters. The third-order valence-corrected chi connectivity index (χ3v) is 4.35. The molecule has 0 spiro atoms. The summed E-state index contributed by atoms with van der Waals surface area (Å²) >= 11 is 2.07. The lowest BCUT2D eigenvalue weighted by Gasteiger charge is -2.33. The van der Waals surface area contributed by atoms with Gasteiger partial charge in [0.25, 0.3) is 5.91 Å². The number of carbonyl (C=O) groups is 2. The van der Waals surface area contributed by atoms with Gasteiger partial charge in [-0.1, -0.05) is 0 Å². The van der Waals surface area contributed by atoms with Crippen LogP contribution in [0.5, 0.6) is 5.75 Å². The molecule has 1 aromatic carbocycles. The molecular weight excluding hydrogens is 373 g/mol. The van der Waals surface area contributed by atoms with Crippen LogP contribution in [0.25, 0.3) is 0 Å². The number of hydrogen-bond donors (Lipinski definition) is 1. The van der Waals surface area contributed by atoms with E-state index in [1.165, 1.54) is 4.90 Å². The van der Waals surface area contributed by atoms with Gasteiger partial charge in [0.1, 0.15) is 11.8 Å². The van der Waals surface area contributed by atoms with Crippen LogP contribution in [0.3, 0.4) is 0 Å². The summed E-state index contributed by atoms with van der Waals surface area (Å²) in [4.78, 5) is 25.3. The number of ether oxygens (including phenoxy) is 1. The van der Waals surface area contributed by atoms with Gasteiger partial charge in [0.05, 0.1) is 12.7 Å². The summed E-state index contributed by atoms with van der Waals surface area (Å²) < 4.78 is 5.88. The number of carbonyl (C=O) groups excluding carboxylic acids is 1. The Morgan fingerprint density at radius 1 is 1.40 bits per heavy atom. The summed E-state index contributed by atoms with van der Waals surface area (Å²) in [7, 11) is 1.57. The summed E-state index contributed by atoms with van der Waals surface area (Å²) in [5.41, 5.74) is 0.527. The number of aliphatic carboxylic acids is 1. The van der Waals surface area contributed by atoms with Crippen LogP contribution in [-0.4, -0.2) is 41.6 Å². The Labute approximate surface area is 131 Å². The molecule has 0 saturated carbocycles. The van der Waals surface area contributed by atoms with Crippen LogP contribution in [0.15, 0.2) is 18.2 Å². The Morgan fingerprint density at radius 2 is 2.15 bits per heavy atom. The molecule has 1 aliphatic heterocycles. The van der Waals surface area contributed by atoms with Gasteiger partial charge >= 0.3 is 5.97 Å². The standard InChI is InChI=1S/C14H16INO4/c1-20-9-5-6-10(11(15)8-9)13(17)16-7-3-2-4-12(16)14(18)19/h5-6,8,12H,2-4,7H2,1H3,(H,18,19)/t12-/m1/s1. The number of halogens is 1. The molecule has 1 aromatic rings. The van der Waals surface area contributed by atoms with Crippen molar-refractivity contribution < 1.29 is 19.4 Å². The fraction of sp³-hybridized carbons (Fsp3) is 0.429. The highest BCUT2D eigenvalue weighted by molar-refractivity contribution is 14.1. The molecule has 2 rings (SSSR count). The van der Waals surface area contributed by atoms with E-state index in [2.05, 4.69) is 22.6 Å². The van der Waals surface area contributed by atoms with Gasteiger partial charge in [0.2, 0.25) is 0 Å². The van der Waals surface area contributed by atoms with E-state index in [-0.39, 0.29) is 5.91 Å². The van der Waals surface area contributed by atoms with Gasteiger partial charge < -0.3 is 14.7 Å². The van der Waals surface area contributed by atoms with Crippen molar-refractivity contribution in [1.29, 1.82) is 0 Å². The number of methoxy groups -OCH3 is 1. The van der Waals surface area contributed by atoms with Gasteiger partial charge in [-0.2, -0.15) is 0 Å². The zero-order valence-electron chi connectivity index (χ0n) is 11.1. The van der Waals surface area contributed by atoms with Crippen molar-refractivity contribution in [1.82, 2.24) is 4.90 Å². The molecule has 1 saturated heterocycles. The molecule has 20 heavy (non-hydrogen) atoms. The summed E-state index contributed by atoms with van der Waals surface area (Å²) in [5, 5.41) is 9.24. The molecule has 0 bridgehead atoms. The molecule has 108 valence electrons. The van der Waals surface area contributed by atoms with Crippen LogP contribution in [0, 0.1) is 3.57 Å². The number of benzene rings is 1. The highest BCUT2D eigenvalue weighted by atomic mass is 127. The third kappa shape index (κ3) is 3.05. The highest BCUT2D eigenvalue weighted by Gasteiger charge is 2.33. The van der Waals surface area contributed by atoms with Gasteiger partial charge in [0.15, 0.2) is 0 Å². The van der Waals surface area contributed by atoms with Crippen LogP contribution in [0.2, 0.25) is 0 Å². The SMILES string of the molecule is COc1ccc(C(=O)N2CCCC[C@@H]2C(=O)O)c(I)c1. The van der Waals surface area contributed by atoms with Crippen LogP contribution >= 0.6 is 22.6 Å². The van der Waals surface area contributed by atoms with Crippen LogP contribution in [0.1, 0.15) is 29.6 Å². The van der Waals surface area contributed by atoms with Crippen molar-refractivity contribution >= 4 is 34.5 Å². The summed E-state index contributed by atoms with van der Waals surface area (Å²) in [5.74, 6) is -0.467. The van der Waals surface area contributed by atoms with E-state index in [1.807, 2.05) is 0 Å². The lowest BCUT2D eigenvalue weighted by atomic mass is 10.0. The molecule has 0 radical (unpaired) electrons. The molecule has 1 aliphatic rings. The van der Waals surface area contributed by atoms with Crippen LogP contribution < -0.4 is 4.74 Å². The van der Waals surface area contributed by atoms with E-state index < -0.39 is 12.0 Å². The maximum Gasteiger partial charge on any atom is 0.326 e. The molecule has 1 amide bonds. The van der Waals surface area contributed by atoms with Crippen molar-refractivity contribution in [3.63, 3.8) is 0 Å². The second-order valence-electron chi connectivity index (χ2n) is 4.69. The van der Waals surface area contributed by atoms with Crippen LogP contribution in [0.4, 0.5) is 0 Å². The minimum Gasteiger partial charge on any atom is -0.497 e. The predicted molar refractivity (Wildman–Crippen MR) is 82.0 cm³/mol. The van der Waals surface area contributed by atoms with Crippen molar-refractivity contribution in [2.24, 2.45) is 0 Å². The highest BCUT2D eigenvalue weighted by Crippen LogP contribution is 2.24. The monoisotopic (exact) mass is 389 g/mol. The maximum absolute atomic E-state index is 12.6. The fourth-order valence-electron chi connectivity index (χ4n) is 2.38. The predicted octanol–water partition coefficient (Wildman–Crippen LogP) is 2.38. The average molecular weight is 389 g/mol. The van der Waals surface area contributed by atoms with E-state index in [1.54, 1.807) is 25.3 Å². The van der Waals surface area contributed by atoms with Gasteiger partial charge in [0, 0.05) is 10.1 Å².